The first-order chi connectivity index (χ1) is 9.96. The van der Waals surface area contributed by atoms with Crippen molar-refractivity contribution in [2.45, 2.75) is 20.5 Å². The van der Waals surface area contributed by atoms with Gasteiger partial charge in [-0.15, -0.1) is 5.10 Å². The molecule has 0 N–H and O–H groups in total. The molecule has 2 aromatic rings. The first kappa shape index (κ1) is 16.2. The van der Waals surface area contributed by atoms with Crippen molar-refractivity contribution in [1.82, 2.24) is 19.1 Å². The molecule has 0 aliphatic rings. The summed E-state index contributed by atoms with van der Waals surface area (Å²) in [4.78, 5) is 2.10. The molecule has 0 aromatic carbocycles. The van der Waals surface area contributed by atoms with Crippen LogP contribution in [0.25, 0.3) is 5.65 Å². The maximum atomic E-state index is 8.93. The third-order valence-electron chi connectivity index (χ3n) is 3.13. The monoisotopic (exact) mass is 343 g/mol. The van der Waals surface area contributed by atoms with E-state index in [4.69, 9.17) is 40.7 Å². The highest BCUT2D eigenvalue weighted by molar-refractivity contribution is 7.71. The van der Waals surface area contributed by atoms with E-state index >= 15 is 0 Å². The van der Waals surface area contributed by atoms with Crippen LogP contribution >= 0.6 is 35.4 Å². The van der Waals surface area contributed by atoms with Crippen LogP contribution in [-0.2, 0) is 6.67 Å². The summed E-state index contributed by atoms with van der Waals surface area (Å²) in [6.07, 6.45) is 1.70. The van der Waals surface area contributed by atoms with Crippen LogP contribution in [-0.4, -0.2) is 32.2 Å². The highest BCUT2D eigenvalue weighted by Gasteiger charge is 2.13. The molecule has 0 fully saturated rings. The Bertz CT molecular complexity index is 745. The summed E-state index contributed by atoms with van der Waals surface area (Å²) >= 11 is 17.5. The normalized spacial score (nSPS) is 12.8. The van der Waals surface area contributed by atoms with E-state index in [1.165, 1.54) is 0 Å². The topological polar surface area (TPSA) is 49.3 Å². The molecule has 5 nitrogen and oxygen atoms in total. The van der Waals surface area contributed by atoms with E-state index in [0.717, 1.165) is 6.54 Å². The average Bonchev–Trinajstić information content (AvgIpc) is 2.75. The molecule has 0 radical (unpaired) electrons. The van der Waals surface area contributed by atoms with E-state index < -0.39 is 0 Å². The number of pyridine rings is 1. The van der Waals surface area contributed by atoms with Gasteiger partial charge >= 0.3 is 0 Å². The second-order valence-electron chi connectivity index (χ2n) is 4.82. The van der Waals surface area contributed by atoms with Crippen molar-refractivity contribution in [2.75, 3.05) is 13.1 Å². The van der Waals surface area contributed by atoms with Crippen molar-refractivity contribution >= 4 is 41.1 Å². The summed E-state index contributed by atoms with van der Waals surface area (Å²) in [5.41, 5.74) is 0.579. The summed E-state index contributed by atoms with van der Waals surface area (Å²) in [6.45, 7) is 5.90. The van der Waals surface area contributed by atoms with Gasteiger partial charge in [0, 0.05) is 12.7 Å². The predicted octanol–water partition coefficient (Wildman–Crippen LogP) is 3.61. The highest BCUT2D eigenvalue weighted by Crippen LogP contribution is 2.21. The zero-order chi connectivity index (χ0) is 15.6. The Balaban J connectivity index is 2.35. The van der Waals surface area contributed by atoms with Crippen LogP contribution in [0.3, 0.4) is 0 Å². The van der Waals surface area contributed by atoms with Crippen molar-refractivity contribution in [3.63, 3.8) is 0 Å². The highest BCUT2D eigenvalue weighted by atomic mass is 35.5. The van der Waals surface area contributed by atoms with Crippen molar-refractivity contribution in [3.05, 3.63) is 27.1 Å². The second kappa shape index (κ2) is 6.75. The van der Waals surface area contributed by atoms with E-state index in [2.05, 4.69) is 16.1 Å². The lowest BCUT2D eigenvalue weighted by molar-refractivity contribution is 0.202. The summed E-state index contributed by atoms with van der Waals surface area (Å²) in [5.74, 6) is -0.0471. The molecule has 2 heterocycles. The van der Waals surface area contributed by atoms with Crippen LogP contribution in [0.15, 0.2) is 12.3 Å². The van der Waals surface area contributed by atoms with Crippen LogP contribution in [0, 0.1) is 22.0 Å². The van der Waals surface area contributed by atoms with Crippen LogP contribution in [0.1, 0.15) is 13.8 Å². The molecule has 1 unspecified atom stereocenters. The number of nitriles is 1. The maximum absolute atomic E-state index is 8.93. The van der Waals surface area contributed by atoms with E-state index in [1.54, 1.807) is 21.3 Å². The first-order valence-electron chi connectivity index (χ1n) is 6.52. The lowest BCUT2D eigenvalue weighted by Gasteiger charge is -2.20. The first-order valence-corrected chi connectivity index (χ1v) is 7.68. The lowest BCUT2D eigenvalue weighted by Crippen LogP contribution is -2.30. The zero-order valence-corrected chi connectivity index (χ0v) is 14.1. The summed E-state index contributed by atoms with van der Waals surface area (Å²) < 4.78 is 3.92. The molecule has 2 rings (SSSR count). The standard InChI is InChI=1S/C13H15Cl2N5S/c1-3-18(6-9(2)5-16)8-20-13(21)19-7-10(14)4-11(15)12(19)17-20/h4,7,9H,3,6,8H2,1-2H3. The number of halogens is 2. The van der Waals surface area contributed by atoms with Gasteiger partial charge in [-0.25, -0.2) is 4.68 Å². The molecule has 21 heavy (non-hydrogen) atoms. The third-order valence-corrected chi connectivity index (χ3v) is 4.03. The van der Waals surface area contributed by atoms with Gasteiger partial charge < -0.3 is 0 Å². The average molecular weight is 344 g/mol. The van der Waals surface area contributed by atoms with E-state index in [1.807, 2.05) is 13.8 Å². The van der Waals surface area contributed by atoms with Gasteiger partial charge in [-0.3, -0.25) is 9.30 Å². The Morgan fingerprint density at radius 2 is 2.24 bits per heavy atom. The second-order valence-corrected chi connectivity index (χ2v) is 6.03. The van der Waals surface area contributed by atoms with E-state index in [9.17, 15) is 0 Å². The molecule has 2 aromatic heterocycles. The van der Waals surface area contributed by atoms with Crippen LogP contribution < -0.4 is 0 Å². The summed E-state index contributed by atoms with van der Waals surface area (Å²) in [6, 6.07) is 3.87. The molecule has 1 atom stereocenters. The molecule has 8 heteroatoms. The molecule has 0 spiro atoms. The van der Waals surface area contributed by atoms with Gasteiger partial charge in [0.25, 0.3) is 0 Å². The molecular weight excluding hydrogens is 329 g/mol. The predicted molar refractivity (Wildman–Crippen MR) is 86.1 cm³/mol. The van der Waals surface area contributed by atoms with Gasteiger partial charge in [-0.1, -0.05) is 30.1 Å². The number of fused-ring (bicyclic) bond motifs is 1. The van der Waals surface area contributed by atoms with Crippen molar-refractivity contribution < 1.29 is 0 Å². The SMILES string of the molecule is CCN(CC(C)C#N)Cn1nc2c(Cl)cc(Cl)cn2c1=S. The van der Waals surface area contributed by atoms with Crippen molar-refractivity contribution in [1.29, 1.82) is 5.26 Å². The molecular formula is C13H15Cl2N5S. The third kappa shape index (κ3) is 3.55. The van der Waals surface area contributed by atoms with Gasteiger partial charge in [-0.05, 0) is 31.8 Å². The Kier molecular flexibility index (Phi) is 5.22. The van der Waals surface area contributed by atoms with Crippen molar-refractivity contribution in [3.8, 4) is 6.07 Å². The Morgan fingerprint density at radius 1 is 1.52 bits per heavy atom. The molecule has 112 valence electrons. The van der Waals surface area contributed by atoms with E-state index in [-0.39, 0.29) is 5.92 Å². The minimum atomic E-state index is -0.0471. The lowest BCUT2D eigenvalue weighted by atomic mass is 10.2. The molecule has 0 aliphatic carbocycles. The Hall–Kier alpha value is -1.13. The minimum absolute atomic E-state index is 0.0471. The number of aromatic nitrogens is 3. The molecule has 0 saturated heterocycles. The number of nitrogens with zero attached hydrogens (tertiary/aromatic N) is 5. The number of hydrogen-bond acceptors (Lipinski definition) is 4. The smallest absolute Gasteiger partial charge is 0.203 e. The van der Waals surface area contributed by atoms with Gasteiger partial charge in [0.15, 0.2) is 5.65 Å². The fourth-order valence-electron chi connectivity index (χ4n) is 2.04. The Labute approximate surface area is 138 Å². The van der Waals surface area contributed by atoms with Crippen LogP contribution in [0.5, 0.6) is 0 Å². The van der Waals surface area contributed by atoms with Gasteiger partial charge in [0.1, 0.15) is 0 Å². The molecule has 0 saturated carbocycles. The fraction of sp³-hybridized carbons (Fsp3) is 0.462. The number of rotatable bonds is 5. The van der Waals surface area contributed by atoms with Gasteiger partial charge in [0.05, 0.1) is 28.7 Å². The largest absolute Gasteiger partial charge is 0.283 e. The molecule has 0 aliphatic heterocycles. The van der Waals surface area contributed by atoms with Gasteiger partial charge in [0.2, 0.25) is 4.77 Å². The molecule has 0 amide bonds. The van der Waals surface area contributed by atoms with Gasteiger partial charge in [-0.2, -0.15) is 5.26 Å². The van der Waals surface area contributed by atoms with Crippen LogP contribution in [0.2, 0.25) is 10.0 Å². The summed E-state index contributed by atoms with van der Waals surface area (Å²) in [7, 11) is 0. The quantitative estimate of drug-likeness (QED) is 0.778. The zero-order valence-electron chi connectivity index (χ0n) is 11.8. The minimum Gasteiger partial charge on any atom is -0.283 e. The number of hydrogen-bond donors (Lipinski definition) is 0. The maximum Gasteiger partial charge on any atom is 0.203 e. The van der Waals surface area contributed by atoms with E-state index in [0.29, 0.717) is 33.7 Å². The van der Waals surface area contributed by atoms with Crippen LogP contribution in [0.4, 0.5) is 0 Å². The fourth-order valence-corrected chi connectivity index (χ4v) is 2.79. The molecule has 0 bridgehead atoms. The van der Waals surface area contributed by atoms with Crippen molar-refractivity contribution in [2.24, 2.45) is 5.92 Å². The summed E-state index contributed by atoms with van der Waals surface area (Å²) in [5, 5.41) is 14.3. The Morgan fingerprint density at radius 3 is 2.86 bits per heavy atom.